The Bertz CT molecular complexity index is 986. The van der Waals surface area contributed by atoms with E-state index in [2.05, 4.69) is 0 Å². The smallest absolute Gasteiger partial charge is 0.335 e. The number of carboxylic acids is 1. The van der Waals surface area contributed by atoms with Crippen LogP contribution in [0, 0.1) is 0 Å². The van der Waals surface area contributed by atoms with Gasteiger partial charge in [-0.05, 0) is 29.8 Å². The normalized spacial score (nSPS) is 10.6. The van der Waals surface area contributed by atoms with E-state index < -0.39 is 5.97 Å². The highest BCUT2D eigenvalue weighted by Gasteiger charge is 2.16. The van der Waals surface area contributed by atoms with Gasteiger partial charge in [-0.1, -0.05) is 12.1 Å². The molecule has 0 bridgehead atoms. The number of aromatic carboxylic acids is 1. The summed E-state index contributed by atoms with van der Waals surface area (Å²) in [5.41, 5.74) is 0.845. The van der Waals surface area contributed by atoms with Gasteiger partial charge in [-0.2, -0.15) is 0 Å². The predicted molar refractivity (Wildman–Crippen MR) is 88.0 cm³/mol. The molecule has 24 heavy (non-hydrogen) atoms. The van der Waals surface area contributed by atoms with Gasteiger partial charge in [-0.15, -0.1) is 0 Å². The van der Waals surface area contributed by atoms with Gasteiger partial charge in [0.05, 0.1) is 30.7 Å². The molecular formula is C18H14O6. The number of fused-ring (bicyclic) bond motifs is 1. The molecule has 1 N–H and O–H groups in total. The Hall–Kier alpha value is -3.28. The molecule has 2 aromatic carbocycles. The SMILES string of the molecule is COc1ccc2c(=O)c(-c3cccc(C(=O)O)c3)coc2c1OC. The van der Waals surface area contributed by atoms with Crippen molar-refractivity contribution in [1.29, 1.82) is 0 Å². The zero-order valence-electron chi connectivity index (χ0n) is 13.0. The highest BCUT2D eigenvalue weighted by molar-refractivity contribution is 5.91. The summed E-state index contributed by atoms with van der Waals surface area (Å²) in [6, 6.07) is 9.34. The Balaban J connectivity index is 2.25. The van der Waals surface area contributed by atoms with Crippen LogP contribution >= 0.6 is 0 Å². The predicted octanol–water partition coefficient (Wildman–Crippen LogP) is 3.18. The molecule has 0 amide bonds. The summed E-state index contributed by atoms with van der Waals surface area (Å²) < 4.78 is 16.0. The largest absolute Gasteiger partial charge is 0.493 e. The lowest BCUT2D eigenvalue weighted by molar-refractivity contribution is 0.0697. The molecule has 0 saturated carbocycles. The molecule has 0 aliphatic heterocycles. The second-order valence-corrected chi connectivity index (χ2v) is 5.04. The second-order valence-electron chi connectivity index (χ2n) is 5.04. The van der Waals surface area contributed by atoms with E-state index in [-0.39, 0.29) is 22.1 Å². The molecule has 6 nitrogen and oxygen atoms in total. The first kappa shape index (κ1) is 15.6. The highest BCUT2D eigenvalue weighted by Crippen LogP contribution is 2.35. The van der Waals surface area contributed by atoms with E-state index in [1.54, 1.807) is 24.3 Å². The van der Waals surface area contributed by atoms with Crippen LogP contribution in [0.3, 0.4) is 0 Å². The minimum Gasteiger partial charge on any atom is -0.493 e. The zero-order valence-corrected chi connectivity index (χ0v) is 13.0. The number of hydrogen-bond acceptors (Lipinski definition) is 5. The van der Waals surface area contributed by atoms with E-state index in [0.717, 1.165) is 0 Å². The number of carboxylic acid groups (broad SMARTS) is 1. The molecule has 0 aliphatic rings. The van der Waals surface area contributed by atoms with Crippen molar-refractivity contribution in [1.82, 2.24) is 0 Å². The Morgan fingerprint density at radius 1 is 1.12 bits per heavy atom. The second kappa shape index (κ2) is 6.08. The average molecular weight is 326 g/mol. The number of ether oxygens (including phenoxy) is 2. The van der Waals surface area contributed by atoms with Gasteiger partial charge in [0.2, 0.25) is 11.2 Å². The van der Waals surface area contributed by atoms with E-state index in [1.807, 2.05) is 0 Å². The molecule has 0 radical (unpaired) electrons. The molecular weight excluding hydrogens is 312 g/mol. The Morgan fingerprint density at radius 3 is 2.58 bits per heavy atom. The number of benzene rings is 2. The van der Waals surface area contributed by atoms with Crippen molar-refractivity contribution >= 4 is 16.9 Å². The van der Waals surface area contributed by atoms with Gasteiger partial charge in [0.1, 0.15) is 6.26 Å². The quantitative estimate of drug-likeness (QED) is 0.792. The molecule has 0 saturated heterocycles. The average Bonchev–Trinajstić information content (AvgIpc) is 2.61. The topological polar surface area (TPSA) is 86.0 Å². The van der Waals surface area contributed by atoms with Crippen LogP contribution in [0.2, 0.25) is 0 Å². The monoisotopic (exact) mass is 326 g/mol. The van der Waals surface area contributed by atoms with Gasteiger partial charge in [0.25, 0.3) is 0 Å². The van der Waals surface area contributed by atoms with Crippen molar-refractivity contribution in [2.75, 3.05) is 14.2 Å². The molecule has 6 heteroatoms. The molecule has 0 fully saturated rings. The van der Waals surface area contributed by atoms with Crippen LogP contribution in [-0.4, -0.2) is 25.3 Å². The minimum absolute atomic E-state index is 0.0966. The van der Waals surface area contributed by atoms with Gasteiger partial charge >= 0.3 is 5.97 Å². The van der Waals surface area contributed by atoms with Crippen LogP contribution in [0.15, 0.2) is 51.9 Å². The number of rotatable bonds is 4. The van der Waals surface area contributed by atoms with Crippen molar-refractivity contribution in [3.8, 4) is 22.6 Å². The molecule has 1 heterocycles. The Morgan fingerprint density at radius 2 is 1.92 bits per heavy atom. The highest BCUT2D eigenvalue weighted by atomic mass is 16.5. The van der Waals surface area contributed by atoms with Crippen molar-refractivity contribution in [3.63, 3.8) is 0 Å². The summed E-state index contributed by atoms with van der Waals surface area (Å²) in [5, 5.41) is 9.42. The van der Waals surface area contributed by atoms with Crippen LogP contribution < -0.4 is 14.9 Å². The molecule has 0 aliphatic carbocycles. The zero-order chi connectivity index (χ0) is 17.3. The Kier molecular flexibility index (Phi) is 3.95. The first-order valence-corrected chi connectivity index (χ1v) is 7.07. The van der Waals surface area contributed by atoms with Gasteiger partial charge in [-0.25, -0.2) is 4.79 Å². The maximum atomic E-state index is 12.8. The van der Waals surface area contributed by atoms with Crippen LogP contribution in [0.4, 0.5) is 0 Å². The fourth-order valence-electron chi connectivity index (χ4n) is 2.53. The molecule has 0 spiro atoms. The van der Waals surface area contributed by atoms with Gasteiger partial charge in [0, 0.05) is 0 Å². The van der Waals surface area contributed by atoms with E-state index in [0.29, 0.717) is 22.4 Å². The Labute approximate surface area is 136 Å². The maximum absolute atomic E-state index is 12.8. The molecule has 1 aromatic heterocycles. The van der Waals surface area contributed by atoms with Crippen LogP contribution in [0.25, 0.3) is 22.1 Å². The molecule has 0 atom stereocenters. The molecule has 3 aromatic rings. The summed E-state index contributed by atoms with van der Waals surface area (Å²) in [7, 11) is 2.95. The lowest BCUT2D eigenvalue weighted by Gasteiger charge is -2.10. The third kappa shape index (κ3) is 2.48. The summed E-state index contributed by atoms with van der Waals surface area (Å²) in [4.78, 5) is 23.9. The van der Waals surface area contributed by atoms with E-state index in [9.17, 15) is 9.59 Å². The van der Waals surface area contributed by atoms with Gasteiger partial charge < -0.3 is 19.0 Å². The fraction of sp³-hybridized carbons (Fsp3) is 0.111. The van der Waals surface area contributed by atoms with Crippen molar-refractivity contribution < 1.29 is 23.8 Å². The lowest BCUT2D eigenvalue weighted by atomic mass is 10.0. The van der Waals surface area contributed by atoms with Crippen molar-refractivity contribution in [3.05, 3.63) is 58.4 Å². The van der Waals surface area contributed by atoms with Gasteiger partial charge in [0.15, 0.2) is 11.3 Å². The van der Waals surface area contributed by atoms with Crippen molar-refractivity contribution in [2.45, 2.75) is 0 Å². The molecule has 0 unspecified atom stereocenters. The van der Waals surface area contributed by atoms with Crippen LogP contribution in [0.1, 0.15) is 10.4 Å². The van der Waals surface area contributed by atoms with Crippen molar-refractivity contribution in [2.24, 2.45) is 0 Å². The van der Waals surface area contributed by atoms with E-state index in [1.165, 1.54) is 32.6 Å². The number of methoxy groups -OCH3 is 2. The molecule has 122 valence electrons. The first-order valence-electron chi connectivity index (χ1n) is 7.07. The van der Waals surface area contributed by atoms with Gasteiger partial charge in [-0.3, -0.25) is 4.79 Å². The van der Waals surface area contributed by atoms with E-state index >= 15 is 0 Å². The lowest BCUT2D eigenvalue weighted by Crippen LogP contribution is -2.06. The third-order valence-corrected chi connectivity index (χ3v) is 3.70. The summed E-state index contributed by atoms with van der Waals surface area (Å²) in [6.45, 7) is 0. The number of hydrogen-bond donors (Lipinski definition) is 1. The minimum atomic E-state index is -1.06. The summed E-state index contributed by atoms with van der Waals surface area (Å²) in [5.74, 6) is -0.278. The van der Waals surface area contributed by atoms with Crippen LogP contribution in [-0.2, 0) is 0 Å². The summed E-state index contributed by atoms with van der Waals surface area (Å²) >= 11 is 0. The third-order valence-electron chi connectivity index (χ3n) is 3.70. The standard InChI is InChI=1S/C18H14O6/c1-22-14-7-6-12-15(19)13(9-24-16(12)17(14)23-2)10-4-3-5-11(8-10)18(20)21/h3-9H,1-2H3,(H,20,21). The maximum Gasteiger partial charge on any atom is 0.335 e. The van der Waals surface area contributed by atoms with E-state index in [4.69, 9.17) is 19.0 Å². The first-order chi connectivity index (χ1) is 11.6. The summed E-state index contributed by atoms with van der Waals surface area (Å²) in [6.07, 6.45) is 1.30. The molecule has 3 rings (SSSR count). The number of carbonyl (C=O) groups is 1. The van der Waals surface area contributed by atoms with Crippen LogP contribution in [0.5, 0.6) is 11.5 Å². The fourth-order valence-corrected chi connectivity index (χ4v) is 2.53.